The minimum Gasteiger partial charge on any atom is -0.496 e. The number of rotatable bonds is 5. The third-order valence-corrected chi connectivity index (χ3v) is 9.81. The van der Waals surface area contributed by atoms with Gasteiger partial charge < -0.3 is 13.9 Å². The first kappa shape index (κ1) is 26.0. The van der Waals surface area contributed by atoms with Crippen LogP contribution < -0.4 is 10.2 Å². The van der Waals surface area contributed by atoms with Crippen molar-refractivity contribution in [3.63, 3.8) is 0 Å². The molecular formula is C38H32O5. The molecule has 43 heavy (non-hydrogen) atoms. The van der Waals surface area contributed by atoms with Crippen LogP contribution in [0, 0.1) is 23.7 Å². The summed E-state index contributed by atoms with van der Waals surface area (Å²) < 4.78 is 18.3. The molecule has 5 aliphatic carbocycles. The van der Waals surface area contributed by atoms with Crippen molar-refractivity contribution in [2.45, 2.75) is 32.1 Å². The molecule has 3 aromatic carbocycles. The lowest BCUT2D eigenvalue weighted by atomic mass is 9.54. The third-order valence-electron chi connectivity index (χ3n) is 9.81. The second-order valence-electron chi connectivity index (χ2n) is 12.4. The first-order chi connectivity index (χ1) is 21.1. The smallest absolute Gasteiger partial charge is 0.343 e. The molecule has 214 valence electrons. The SMILES string of the molecule is COC(=C1C2CC3CC(C2)CC1C3)c1ccccc1-c1c2ccc(=O)cc-2oc2cc(OC(=O)c3ccccc3)ccc12. The van der Waals surface area contributed by atoms with E-state index in [-0.39, 0.29) is 5.43 Å². The van der Waals surface area contributed by atoms with Gasteiger partial charge >= 0.3 is 5.97 Å². The molecule has 3 aromatic rings. The van der Waals surface area contributed by atoms with Crippen molar-refractivity contribution in [1.29, 1.82) is 0 Å². The van der Waals surface area contributed by atoms with Crippen molar-refractivity contribution < 1.29 is 18.7 Å². The van der Waals surface area contributed by atoms with Crippen LogP contribution in [0.1, 0.15) is 48.0 Å². The van der Waals surface area contributed by atoms with Crippen molar-refractivity contribution in [1.82, 2.24) is 0 Å². The minimum atomic E-state index is -0.444. The molecule has 9 rings (SSSR count). The van der Waals surface area contributed by atoms with E-state index in [1.165, 1.54) is 43.7 Å². The Bertz CT molecular complexity index is 1900. The van der Waals surface area contributed by atoms with Gasteiger partial charge in [0.15, 0.2) is 5.43 Å². The Morgan fingerprint density at radius 1 is 0.767 bits per heavy atom. The van der Waals surface area contributed by atoms with Gasteiger partial charge in [-0.1, -0.05) is 42.5 Å². The number of methoxy groups -OCH3 is 1. The lowest BCUT2D eigenvalue weighted by Gasteiger charge is -2.51. The topological polar surface area (TPSA) is 65.7 Å². The number of hydrogen-bond donors (Lipinski definition) is 0. The number of allylic oxidation sites excluding steroid dienone is 1. The summed E-state index contributed by atoms with van der Waals surface area (Å²) in [5, 5.41) is 0.864. The van der Waals surface area contributed by atoms with E-state index in [9.17, 15) is 9.59 Å². The van der Waals surface area contributed by atoms with Crippen LogP contribution in [0.4, 0.5) is 0 Å². The third kappa shape index (κ3) is 4.46. The molecule has 0 atom stereocenters. The molecule has 5 heteroatoms. The Morgan fingerprint density at radius 2 is 1.49 bits per heavy atom. The van der Waals surface area contributed by atoms with Crippen molar-refractivity contribution >= 4 is 22.7 Å². The van der Waals surface area contributed by atoms with Crippen LogP contribution in [0.15, 0.2) is 106 Å². The zero-order valence-electron chi connectivity index (χ0n) is 24.0. The normalized spacial score (nSPS) is 22.2. The van der Waals surface area contributed by atoms with Crippen LogP contribution in [-0.2, 0) is 4.74 Å². The maximum Gasteiger partial charge on any atom is 0.343 e. The first-order valence-electron chi connectivity index (χ1n) is 15.2. The Labute approximate surface area is 250 Å². The van der Waals surface area contributed by atoms with Crippen LogP contribution in [0.5, 0.6) is 5.75 Å². The lowest BCUT2D eigenvalue weighted by Crippen LogP contribution is -2.40. The fourth-order valence-electron chi connectivity index (χ4n) is 8.29. The van der Waals surface area contributed by atoms with Gasteiger partial charge in [-0.15, -0.1) is 0 Å². The van der Waals surface area contributed by atoms with E-state index < -0.39 is 5.97 Å². The quantitative estimate of drug-likeness (QED) is 0.0919. The van der Waals surface area contributed by atoms with E-state index in [2.05, 4.69) is 18.2 Å². The molecule has 0 N–H and O–H groups in total. The van der Waals surface area contributed by atoms with Crippen LogP contribution in [0.25, 0.3) is 39.2 Å². The average molecular weight is 569 g/mol. The first-order valence-corrected chi connectivity index (χ1v) is 15.2. The van der Waals surface area contributed by atoms with E-state index in [1.807, 2.05) is 24.3 Å². The molecule has 0 amide bonds. The highest BCUT2D eigenvalue weighted by Gasteiger charge is 2.47. The van der Waals surface area contributed by atoms with Crippen LogP contribution >= 0.6 is 0 Å². The Kier molecular flexibility index (Phi) is 6.21. The summed E-state index contributed by atoms with van der Waals surface area (Å²) in [4.78, 5) is 25.2. The summed E-state index contributed by atoms with van der Waals surface area (Å²) in [5.41, 5.74) is 6.26. The van der Waals surface area contributed by atoms with Crippen molar-refractivity contribution in [2.24, 2.45) is 23.7 Å². The number of carbonyl (C=O) groups is 1. The second-order valence-corrected chi connectivity index (χ2v) is 12.4. The molecule has 4 saturated carbocycles. The zero-order valence-corrected chi connectivity index (χ0v) is 24.0. The van der Waals surface area contributed by atoms with E-state index in [0.717, 1.165) is 45.2 Å². The molecule has 0 saturated heterocycles. The van der Waals surface area contributed by atoms with E-state index >= 15 is 0 Å². The van der Waals surface area contributed by atoms with Crippen molar-refractivity contribution in [3.8, 4) is 28.2 Å². The summed E-state index contributed by atoms with van der Waals surface area (Å²) in [6, 6.07) is 27.7. The molecule has 0 aromatic heterocycles. The Hall–Kier alpha value is -4.64. The number of hydrogen-bond acceptors (Lipinski definition) is 5. The number of ether oxygens (including phenoxy) is 2. The summed E-state index contributed by atoms with van der Waals surface area (Å²) in [5.74, 6) is 4.30. The van der Waals surface area contributed by atoms with Crippen molar-refractivity contribution in [2.75, 3.05) is 7.11 Å². The standard InChI is InChI=1S/C38H32O5/c1-41-37(35-25-16-22-15-23(18-25)19-26(35)17-22)30-10-6-5-9-29(30)36-31-13-11-27(39)20-33(31)43-34-21-28(12-14-32(34)36)42-38(40)24-7-3-2-4-8-24/h2-14,20-23,25-26H,15-19H2,1H3. The second kappa shape index (κ2) is 10.3. The van der Waals surface area contributed by atoms with Gasteiger partial charge in [-0.2, -0.15) is 0 Å². The summed E-state index contributed by atoms with van der Waals surface area (Å²) in [6.07, 6.45) is 6.47. The number of esters is 1. The van der Waals surface area contributed by atoms with Gasteiger partial charge in [-0.05, 0) is 103 Å². The van der Waals surface area contributed by atoms with Crippen LogP contribution in [0.3, 0.4) is 0 Å². The fourth-order valence-corrected chi connectivity index (χ4v) is 8.29. The van der Waals surface area contributed by atoms with Crippen LogP contribution in [0.2, 0.25) is 0 Å². The van der Waals surface area contributed by atoms with Gasteiger partial charge in [0.1, 0.15) is 22.9 Å². The molecule has 4 bridgehead atoms. The summed E-state index contributed by atoms with van der Waals surface area (Å²) in [7, 11) is 1.80. The van der Waals surface area contributed by atoms with E-state index in [4.69, 9.17) is 13.9 Å². The number of benzene rings is 4. The summed E-state index contributed by atoms with van der Waals surface area (Å²) in [6.45, 7) is 0. The molecule has 1 aliphatic heterocycles. The highest BCUT2D eigenvalue weighted by molar-refractivity contribution is 6.04. The van der Waals surface area contributed by atoms with Gasteiger partial charge in [0.05, 0.1) is 12.7 Å². The predicted octanol–water partition coefficient (Wildman–Crippen LogP) is 8.60. The lowest BCUT2D eigenvalue weighted by molar-refractivity contribution is 0.0675. The monoisotopic (exact) mass is 568 g/mol. The molecule has 0 unspecified atom stereocenters. The molecule has 6 aliphatic rings. The minimum absolute atomic E-state index is 0.130. The highest BCUT2D eigenvalue weighted by atomic mass is 16.5. The average Bonchev–Trinajstić information content (AvgIpc) is 3.01. The molecule has 0 spiro atoms. The molecule has 1 heterocycles. The largest absolute Gasteiger partial charge is 0.496 e. The molecular weight excluding hydrogens is 536 g/mol. The fraction of sp³-hybridized carbons (Fsp3) is 0.263. The van der Waals surface area contributed by atoms with E-state index in [0.29, 0.717) is 34.5 Å². The van der Waals surface area contributed by atoms with E-state index in [1.54, 1.807) is 49.6 Å². The highest BCUT2D eigenvalue weighted by Crippen LogP contribution is 2.58. The van der Waals surface area contributed by atoms with Gasteiger partial charge in [-0.3, -0.25) is 4.79 Å². The van der Waals surface area contributed by atoms with Crippen LogP contribution in [-0.4, -0.2) is 13.1 Å². The molecule has 0 radical (unpaired) electrons. The maximum atomic E-state index is 12.8. The Balaban J connectivity index is 1.30. The molecule has 5 nitrogen and oxygen atoms in total. The predicted molar refractivity (Wildman–Crippen MR) is 167 cm³/mol. The Morgan fingerprint density at radius 3 is 2.23 bits per heavy atom. The van der Waals surface area contributed by atoms with Gasteiger partial charge in [-0.25, -0.2) is 4.79 Å². The zero-order chi connectivity index (χ0) is 29.1. The van der Waals surface area contributed by atoms with Gasteiger partial charge in [0, 0.05) is 34.2 Å². The number of fused-ring (bicyclic) bond motifs is 2. The van der Waals surface area contributed by atoms with Gasteiger partial charge in [0.25, 0.3) is 0 Å². The van der Waals surface area contributed by atoms with Gasteiger partial charge in [0.2, 0.25) is 0 Å². The molecule has 4 fully saturated rings. The maximum absolute atomic E-state index is 12.8. The number of carbonyl (C=O) groups excluding carboxylic acids is 1. The summed E-state index contributed by atoms with van der Waals surface area (Å²) >= 11 is 0. The van der Waals surface area contributed by atoms with Crippen molar-refractivity contribution in [3.05, 3.63) is 118 Å².